The zero-order valence-electron chi connectivity index (χ0n) is 16.7. The standard InChI is InChI=1S/C24H23F5O/c1-2-3-4-5-6-7-16-12-21(25)23(22(26)13-16)19-9-8-18-15-20(30-24(27,28)29)11-10-17(18)14-19/h8-15H,2-7H2,1H3. The van der Waals surface area contributed by atoms with Crippen LogP contribution in [0.2, 0.25) is 0 Å². The van der Waals surface area contributed by atoms with Crippen LogP contribution in [-0.4, -0.2) is 6.36 Å². The van der Waals surface area contributed by atoms with Gasteiger partial charge in [0, 0.05) is 0 Å². The van der Waals surface area contributed by atoms with Gasteiger partial charge in [0.1, 0.15) is 17.4 Å². The minimum absolute atomic E-state index is 0.137. The average Bonchev–Trinajstić information content (AvgIpc) is 2.66. The van der Waals surface area contributed by atoms with E-state index in [0.717, 1.165) is 32.1 Å². The second-order valence-corrected chi connectivity index (χ2v) is 7.37. The Bertz CT molecular complexity index is 987. The molecule has 0 unspecified atom stereocenters. The molecule has 0 saturated carbocycles. The van der Waals surface area contributed by atoms with Crippen molar-refractivity contribution in [1.29, 1.82) is 0 Å². The Morgan fingerprint density at radius 2 is 1.40 bits per heavy atom. The molecular weight excluding hydrogens is 399 g/mol. The Morgan fingerprint density at radius 3 is 2.07 bits per heavy atom. The van der Waals surface area contributed by atoms with Gasteiger partial charge >= 0.3 is 6.36 Å². The van der Waals surface area contributed by atoms with E-state index >= 15 is 0 Å². The lowest BCUT2D eigenvalue weighted by Gasteiger charge is -2.11. The summed E-state index contributed by atoms with van der Waals surface area (Å²) in [5, 5.41) is 1.03. The Labute approximate surface area is 172 Å². The van der Waals surface area contributed by atoms with Crippen LogP contribution in [0.3, 0.4) is 0 Å². The van der Waals surface area contributed by atoms with Gasteiger partial charge in [0.05, 0.1) is 5.56 Å². The van der Waals surface area contributed by atoms with Crippen molar-refractivity contribution in [2.45, 2.75) is 51.8 Å². The zero-order valence-corrected chi connectivity index (χ0v) is 16.7. The molecule has 0 aliphatic rings. The van der Waals surface area contributed by atoms with Crippen LogP contribution in [0, 0.1) is 11.6 Å². The van der Waals surface area contributed by atoms with E-state index < -0.39 is 18.0 Å². The fourth-order valence-electron chi connectivity index (χ4n) is 3.55. The number of unbranched alkanes of at least 4 members (excludes halogenated alkanes) is 4. The first-order valence-corrected chi connectivity index (χ1v) is 10.0. The maximum atomic E-state index is 14.7. The topological polar surface area (TPSA) is 9.23 Å². The minimum Gasteiger partial charge on any atom is -0.406 e. The number of aryl methyl sites for hydroxylation is 1. The van der Waals surface area contributed by atoms with Gasteiger partial charge < -0.3 is 4.74 Å². The molecule has 0 radical (unpaired) electrons. The second kappa shape index (κ2) is 9.45. The van der Waals surface area contributed by atoms with Gasteiger partial charge in [-0.15, -0.1) is 13.2 Å². The van der Waals surface area contributed by atoms with Gasteiger partial charge in [-0.1, -0.05) is 50.8 Å². The molecule has 0 bridgehead atoms. The summed E-state index contributed by atoms with van der Waals surface area (Å²) < 4.78 is 70.4. The smallest absolute Gasteiger partial charge is 0.406 e. The quantitative estimate of drug-likeness (QED) is 0.263. The molecule has 0 amide bonds. The number of fused-ring (bicyclic) bond motifs is 1. The summed E-state index contributed by atoms with van der Waals surface area (Å²) >= 11 is 0. The van der Waals surface area contributed by atoms with Crippen LogP contribution in [0.15, 0.2) is 48.5 Å². The van der Waals surface area contributed by atoms with E-state index in [2.05, 4.69) is 11.7 Å². The number of rotatable bonds is 8. The third-order valence-electron chi connectivity index (χ3n) is 5.00. The summed E-state index contributed by atoms with van der Waals surface area (Å²) in [6.45, 7) is 2.13. The molecule has 1 nitrogen and oxygen atoms in total. The van der Waals surface area contributed by atoms with Crippen LogP contribution in [0.4, 0.5) is 22.0 Å². The third-order valence-corrected chi connectivity index (χ3v) is 5.00. The molecule has 30 heavy (non-hydrogen) atoms. The lowest BCUT2D eigenvalue weighted by atomic mass is 9.97. The van der Waals surface area contributed by atoms with E-state index in [0.29, 0.717) is 28.3 Å². The van der Waals surface area contributed by atoms with E-state index in [1.807, 2.05) is 0 Å². The molecule has 3 rings (SSSR count). The molecule has 0 heterocycles. The Balaban J connectivity index is 1.81. The largest absolute Gasteiger partial charge is 0.573 e. The Morgan fingerprint density at radius 1 is 0.767 bits per heavy atom. The predicted octanol–water partition coefficient (Wildman–Crippen LogP) is 8.20. The van der Waals surface area contributed by atoms with Gasteiger partial charge in [-0.3, -0.25) is 0 Å². The molecule has 0 fully saturated rings. The van der Waals surface area contributed by atoms with Crippen molar-refractivity contribution in [2.75, 3.05) is 0 Å². The molecule has 0 aromatic heterocycles. The summed E-state index contributed by atoms with van der Waals surface area (Å²) in [6, 6.07) is 11.1. The second-order valence-electron chi connectivity index (χ2n) is 7.37. The molecule has 0 atom stereocenters. The number of benzene rings is 3. The number of halogens is 5. The van der Waals surface area contributed by atoms with Gasteiger partial charge in [0.2, 0.25) is 0 Å². The van der Waals surface area contributed by atoms with Gasteiger partial charge in [-0.25, -0.2) is 8.78 Å². The van der Waals surface area contributed by atoms with Crippen LogP contribution in [0.5, 0.6) is 5.75 Å². The molecule has 0 spiro atoms. The highest BCUT2D eigenvalue weighted by Gasteiger charge is 2.31. The minimum atomic E-state index is -4.78. The van der Waals surface area contributed by atoms with Gasteiger partial charge in [0.25, 0.3) is 0 Å². The fraction of sp³-hybridized carbons (Fsp3) is 0.333. The van der Waals surface area contributed by atoms with E-state index in [1.54, 1.807) is 6.07 Å². The van der Waals surface area contributed by atoms with Gasteiger partial charge in [-0.2, -0.15) is 0 Å². The molecule has 0 aliphatic heterocycles. The number of ether oxygens (including phenoxy) is 1. The molecule has 0 N–H and O–H groups in total. The summed E-state index contributed by atoms with van der Waals surface area (Å²) in [4.78, 5) is 0. The monoisotopic (exact) mass is 422 g/mol. The molecule has 3 aromatic rings. The Kier molecular flexibility index (Phi) is 6.95. The molecular formula is C24H23F5O. The number of alkyl halides is 3. The highest BCUT2D eigenvalue weighted by Crippen LogP contribution is 2.32. The lowest BCUT2D eigenvalue weighted by Crippen LogP contribution is -2.16. The molecule has 3 aromatic carbocycles. The van der Waals surface area contributed by atoms with Crippen LogP contribution < -0.4 is 4.74 Å². The zero-order chi connectivity index (χ0) is 21.7. The summed E-state index contributed by atoms with van der Waals surface area (Å²) in [5.41, 5.74) is 0.818. The fourth-order valence-corrected chi connectivity index (χ4v) is 3.55. The maximum Gasteiger partial charge on any atom is 0.573 e. The van der Waals surface area contributed by atoms with Crippen molar-refractivity contribution in [3.05, 3.63) is 65.7 Å². The Hall–Kier alpha value is -2.63. The maximum absolute atomic E-state index is 14.7. The molecule has 160 valence electrons. The molecule has 0 aliphatic carbocycles. The van der Waals surface area contributed by atoms with E-state index in [9.17, 15) is 22.0 Å². The van der Waals surface area contributed by atoms with E-state index in [1.165, 1.54) is 42.5 Å². The van der Waals surface area contributed by atoms with E-state index in [-0.39, 0.29) is 11.3 Å². The first-order valence-electron chi connectivity index (χ1n) is 10.0. The van der Waals surface area contributed by atoms with Crippen molar-refractivity contribution in [2.24, 2.45) is 0 Å². The number of hydrogen-bond donors (Lipinski definition) is 0. The SMILES string of the molecule is CCCCCCCc1cc(F)c(-c2ccc3cc(OC(F)(F)F)ccc3c2)c(F)c1. The molecule has 6 heteroatoms. The summed E-state index contributed by atoms with van der Waals surface area (Å²) in [5.74, 6) is -1.63. The van der Waals surface area contributed by atoms with Gasteiger partial charge in [0.15, 0.2) is 0 Å². The first-order chi connectivity index (χ1) is 14.3. The van der Waals surface area contributed by atoms with Gasteiger partial charge in [-0.05, 0) is 65.1 Å². The first kappa shape index (κ1) is 22.1. The van der Waals surface area contributed by atoms with Crippen molar-refractivity contribution in [3.63, 3.8) is 0 Å². The summed E-state index contributed by atoms with van der Waals surface area (Å²) in [7, 11) is 0. The predicted molar refractivity (Wildman–Crippen MR) is 108 cm³/mol. The number of hydrogen-bond acceptors (Lipinski definition) is 1. The average molecular weight is 422 g/mol. The van der Waals surface area contributed by atoms with Crippen molar-refractivity contribution >= 4 is 10.8 Å². The van der Waals surface area contributed by atoms with Crippen LogP contribution in [-0.2, 0) is 6.42 Å². The van der Waals surface area contributed by atoms with Crippen molar-refractivity contribution in [1.82, 2.24) is 0 Å². The molecule has 0 saturated heterocycles. The van der Waals surface area contributed by atoms with Crippen molar-refractivity contribution in [3.8, 4) is 16.9 Å². The highest BCUT2D eigenvalue weighted by molar-refractivity contribution is 5.88. The van der Waals surface area contributed by atoms with Crippen LogP contribution >= 0.6 is 0 Å². The highest BCUT2D eigenvalue weighted by atomic mass is 19.4. The normalized spacial score (nSPS) is 11.8. The van der Waals surface area contributed by atoms with Crippen LogP contribution in [0.1, 0.15) is 44.6 Å². The third kappa shape index (κ3) is 5.71. The van der Waals surface area contributed by atoms with E-state index in [4.69, 9.17) is 0 Å². The summed E-state index contributed by atoms with van der Waals surface area (Å²) in [6.07, 6.45) is 1.18. The lowest BCUT2D eigenvalue weighted by molar-refractivity contribution is -0.274. The van der Waals surface area contributed by atoms with Crippen molar-refractivity contribution < 1.29 is 26.7 Å². The van der Waals surface area contributed by atoms with Crippen LogP contribution in [0.25, 0.3) is 21.9 Å².